The summed E-state index contributed by atoms with van der Waals surface area (Å²) < 4.78 is 0. The Morgan fingerprint density at radius 1 is 1.19 bits per heavy atom. The van der Waals surface area contributed by atoms with Crippen molar-refractivity contribution in [2.75, 3.05) is 6.54 Å². The predicted molar refractivity (Wildman–Crippen MR) is 93.0 cm³/mol. The van der Waals surface area contributed by atoms with Crippen molar-refractivity contribution in [1.82, 2.24) is 5.32 Å². The van der Waals surface area contributed by atoms with E-state index in [1.165, 1.54) is 63.5 Å². The molecule has 1 fully saturated rings. The first-order valence-electron chi connectivity index (χ1n) is 8.75. The van der Waals surface area contributed by atoms with Gasteiger partial charge < -0.3 is 5.32 Å². The van der Waals surface area contributed by atoms with Crippen LogP contribution in [-0.4, -0.2) is 12.6 Å². The fraction of sp³-hybridized carbons (Fsp3) is 0.684. The molecule has 0 bridgehead atoms. The second-order valence-corrected chi connectivity index (χ2v) is 7.02. The molecule has 0 spiro atoms. The second-order valence-electron chi connectivity index (χ2n) is 6.59. The third-order valence-electron chi connectivity index (χ3n) is 4.40. The molecule has 1 aromatic carbocycles. The van der Waals surface area contributed by atoms with Crippen LogP contribution in [0.4, 0.5) is 0 Å². The van der Waals surface area contributed by atoms with Gasteiger partial charge in [-0.1, -0.05) is 62.8 Å². The maximum absolute atomic E-state index is 6.11. The minimum atomic E-state index is 0.755. The zero-order chi connectivity index (χ0) is 14.9. The number of benzene rings is 1. The fourth-order valence-corrected chi connectivity index (χ4v) is 3.14. The maximum Gasteiger partial charge on any atom is 0.0408 e. The monoisotopic (exact) mass is 307 g/mol. The number of nitrogens with one attached hydrogen (secondary N) is 1. The summed E-state index contributed by atoms with van der Waals surface area (Å²) in [6.45, 7) is 3.45. The molecule has 2 rings (SSSR count). The van der Waals surface area contributed by atoms with Crippen molar-refractivity contribution in [1.29, 1.82) is 0 Å². The largest absolute Gasteiger partial charge is 0.314 e. The zero-order valence-corrected chi connectivity index (χ0v) is 14.2. The van der Waals surface area contributed by atoms with Gasteiger partial charge in [-0.3, -0.25) is 0 Å². The Morgan fingerprint density at radius 3 is 2.71 bits per heavy atom. The molecule has 1 nitrogen and oxygen atoms in total. The number of rotatable bonds is 11. The van der Waals surface area contributed by atoms with Crippen LogP contribution in [0.1, 0.15) is 63.9 Å². The Labute approximate surface area is 135 Å². The Kier molecular flexibility index (Phi) is 7.60. The van der Waals surface area contributed by atoms with Crippen LogP contribution in [0.5, 0.6) is 0 Å². The van der Waals surface area contributed by atoms with Gasteiger partial charge in [0, 0.05) is 11.1 Å². The zero-order valence-electron chi connectivity index (χ0n) is 13.4. The van der Waals surface area contributed by atoms with Crippen LogP contribution < -0.4 is 5.32 Å². The summed E-state index contributed by atoms with van der Waals surface area (Å²) in [7, 11) is 0. The lowest BCUT2D eigenvalue weighted by atomic mass is 9.93. The quantitative estimate of drug-likeness (QED) is 0.524. The van der Waals surface area contributed by atoms with Gasteiger partial charge in [-0.05, 0) is 55.8 Å². The standard InChI is InChI=1S/C19H30ClN/c1-2-3-4-5-6-8-17(15-21-19-11-12-19)13-16-9-7-10-18(20)14-16/h7,9-10,14,17,19,21H,2-6,8,11-13,15H2,1H3. The lowest BCUT2D eigenvalue weighted by Gasteiger charge is -2.18. The van der Waals surface area contributed by atoms with E-state index in [-0.39, 0.29) is 0 Å². The van der Waals surface area contributed by atoms with Crippen LogP contribution in [0.2, 0.25) is 5.02 Å². The van der Waals surface area contributed by atoms with Crippen molar-refractivity contribution >= 4 is 11.6 Å². The van der Waals surface area contributed by atoms with E-state index in [1.807, 2.05) is 6.07 Å². The van der Waals surface area contributed by atoms with E-state index in [9.17, 15) is 0 Å². The molecule has 0 amide bonds. The first kappa shape index (κ1) is 16.8. The molecule has 0 aliphatic heterocycles. The predicted octanol–water partition coefficient (Wildman–Crippen LogP) is 5.61. The number of halogens is 1. The van der Waals surface area contributed by atoms with Gasteiger partial charge in [-0.15, -0.1) is 0 Å². The molecule has 0 saturated heterocycles. The molecular weight excluding hydrogens is 278 g/mol. The minimum Gasteiger partial charge on any atom is -0.314 e. The Balaban J connectivity index is 1.76. The Hall–Kier alpha value is -0.530. The fourth-order valence-electron chi connectivity index (χ4n) is 2.93. The van der Waals surface area contributed by atoms with Gasteiger partial charge in [-0.2, -0.15) is 0 Å². The molecule has 1 atom stereocenters. The Morgan fingerprint density at radius 2 is 2.00 bits per heavy atom. The van der Waals surface area contributed by atoms with Crippen molar-refractivity contribution in [3.63, 3.8) is 0 Å². The average Bonchev–Trinajstić information content (AvgIpc) is 3.28. The van der Waals surface area contributed by atoms with Gasteiger partial charge in [0.1, 0.15) is 0 Å². The lowest BCUT2D eigenvalue weighted by Crippen LogP contribution is -2.26. The van der Waals surface area contributed by atoms with Gasteiger partial charge >= 0.3 is 0 Å². The molecule has 1 N–H and O–H groups in total. The van der Waals surface area contributed by atoms with Gasteiger partial charge in [0.05, 0.1) is 0 Å². The van der Waals surface area contributed by atoms with Crippen LogP contribution in [0.15, 0.2) is 24.3 Å². The SMILES string of the molecule is CCCCCCCC(CNC1CC1)Cc1cccc(Cl)c1. The number of hydrogen-bond acceptors (Lipinski definition) is 1. The van der Waals surface area contributed by atoms with E-state index in [0.717, 1.165) is 23.4 Å². The van der Waals surface area contributed by atoms with Gasteiger partial charge in [0.2, 0.25) is 0 Å². The summed E-state index contributed by atoms with van der Waals surface area (Å²) in [6, 6.07) is 9.19. The van der Waals surface area contributed by atoms with Gasteiger partial charge in [0.25, 0.3) is 0 Å². The molecule has 0 heterocycles. The molecule has 1 aromatic rings. The summed E-state index contributed by atoms with van der Waals surface area (Å²) in [5.41, 5.74) is 1.39. The van der Waals surface area contributed by atoms with Crippen molar-refractivity contribution in [2.24, 2.45) is 5.92 Å². The third-order valence-corrected chi connectivity index (χ3v) is 4.64. The second kappa shape index (κ2) is 9.48. The molecule has 1 aliphatic rings. The van der Waals surface area contributed by atoms with Crippen LogP contribution in [0.25, 0.3) is 0 Å². The third kappa shape index (κ3) is 7.33. The summed E-state index contributed by atoms with van der Waals surface area (Å²) in [6.07, 6.45) is 12.1. The molecule has 0 aromatic heterocycles. The topological polar surface area (TPSA) is 12.0 Å². The van der Waals surface area contributed by atoms with E-state index in [1.54, 1.807) is 0 Å². The normalized spacial score (nSPS) is 16.1. The average molecular weight is 308 g/mol. The molecule has 1 saturated carbocycles. The summed E-state index contributed by atoms with van der Waals surface area (Å²) in [5.74, 6) is 0.755. The molecular formula is C19H30ClN. The smallest absolute Gasteiger partial charge is 0.0408 e. The molecule has 1 aliphatic carbocycles. The number of hydrogen-bond donors (Lipinski definition) is 1. The minimum absolute atomic E-state index is 0.755. The van der Waals surface area contributed by atoms with Crippen LogP contribution in [0.3, 0.4) is 0 Å². The van der Waals surface area contributed by atoms with Crippen molar-refractivity contribution in [3.05, 3.63) is 34.9 Å². The van der Waals surface area contributed by atoms with Gasteiger partial charge in [0.15, 0.2) is 0 Å². The first-order chi connectivity index (χ1) is 10.3. The highest BCUT2D eigenvalue weighted by Crippen LogP contribution is 2.22. The van der Waals surface area contributed by atoms with Crippen LogP contribution in [0, 0.1) is 5.92 Å². The Bertz CT molecular complexity index is 400. The van der Waals surface area contributed by atoms with E-state index in [2.05, 4.69) is 30.4 Å². The molecule has 118 valence electrons. The van der Waals surface area contributed by atoms with E-state index >= 15 is 0 Å². The first-order valence-corrected chi connectivity index (χ1v) is 9.13. The van der Waals surface area contributed by atoms with Crippen LogP contribution >= 0.6 is 11.6 Å². The molecule has 2 heteroatoms. The van der Waals surface area contributed by atoms with E-state index in [0.29, 0.717) is 0 Å². The highest BCUT2D eigenvalue weighted by atomic mass is 35.5. The highest BCUT2D eigenvalue weighted by Gasteiger charge is 2.21. The molecule has 0 radical (unpaired) electrons. The van der Waals surface area contributed by atoms with Gasteiger partial charge in [-0.25, -0.2) is 0 Å². The van der Waals surface area contributed by atoms with Crippen LogP contribution in [-0.2, 0) is 6.42 Å². The van der Waals surface area contributed by atoms with Crippen molar-refractivity contribution in [3.8, 4) is 0 Å². The molecule has 1 unspecified atom stereocenters. The summed E-state index contributed by atoms with van der Waals surface area (Å²) in [5, 5.41) is 4.58. The van der Waals surface area contributed by atoms with Crippen molar-refractivity contribution < 1.29 is 0 Å². The lowest BCUT2D eigenvalue weighted by molar-refractivity contribution is 0.419. The maximum atomic E-state index is 6.11. The van der Waals surface area contributed by atoms with E-state index < -0.39 is 0 Å². The van der Waals surface area contributed by atoms with E-state index in [4.69, 9.17) is 11.6 Å². The van der Waals surface area contributed by atoms with Crippen molar-refractivity contribution in [2.45, 2.75) is 70.8 Å². The summed E-state index contributed by atoms with van der Waals surface area (Å²) in [4.78, 5) is 0. The highest BCUT2D eigenvalue weighted by molar-refractivity contribution is 6.30. The summed E-state index contributed by atoms with van der Waals surface area (Å²) >= 11 is 6.11. The molecule has 21 heavy (non-hydrogen) atoms. The number of unbranched alkanes of at least 4 members (excludes halogenated alkanes) is 4.